The molecule has 0 amide bonds. The highest BCUT2D eigenvalue weighted by atomic mass is 16.5. The molecule has 1 aromatic carbocycles. The molecule has 0 saturated heterocycles. The van der Waals surface area contributed by atoms with Crippen LogP contribution in [0, 0.1) is 17.3 Å². The largest absolute Gasteiger partial charge is 0.493 e. The van der Waals surface area contributed by atoms with Gasteiger partial charge in [-0.15, -0.1) is 0 Å². The second-order valence-corrected chi connectivity index (χ2v) is 9.17. The normalized spacial score (nSPS) is 31.1. The van der Waals surface area contributed by atoms with E-state index in [-0.39, 0.29) is 17.6 Å². The number of Topliss-reactive ketones (excluding diaryl/α,β-unsaturated/α-hetero) is 1. The molecule has 1 fully saturated rings. The molecule has 164 valence electrons. The first-order valence-corrected chi connectivity index (χ1v) is 10.4. The van der Waals surface area contributed by atoms with Crippen molar-refractivity contribution < 1.29 is 28.9 Å². The standard InChI is InChI=1S/C24H32O6/c1-14(2)24(27)10-9-23(4)13-17(25)15(3)11-20(21(23)24)30-22(26)16-7-8-18(28-5)19(12-16)29-6/h7-8,11-12,14,20-21,27H,9-10,13H2,1-6H3. The van der Waals surface area contributed by atoms with E-state index in [2.05, 4.69) is 0 Å². The van der Waals surface area contributed by atoms with Crippen molar-refractivity contribution in [1.29, 1.82) is 0 Å². The molecule has 2 aliphatic rings. The molecule has 4 unspecified atom stereocenters. The molecule has 3 rings (SSSR count). The molecule has 4 atom stereocenters. The van der Waals surface area contributed by atoms with Gasteiger partial charge in [0, 0.05) is 12.3 Å². The van der Waals surface area contributed by atoms with E-state index in [1.165, 1.54) is 14.2 Å². The lowest BCUT2D eigenvalue weighted by atomic mass is 9.68. The summed E-state index contributed by atoms with van der Waals surface area (Å²) in [6.07, 6.45) is 2.66. The van der Waals surface area contributed by atoms with Crippen LogP contribution >= 0.6 is 0 Å². The summed E-state index contributed by atoms with van der Waals surface area (Å²) < 4.78 is 16.5. The van der Waals surface area contributed by atoms with Gasteiger partial charge in [0.15, 0.2) is 17.3 Å². The molecular weight excluding hydrogens is 384 g/mol. The maximum absolute atomic E-state index is 13.0. The van der Waals surface area contributed by atoms with Crippen LogP contribution in [0.5, 0.6) is 11.5 Å². The van der Waals surface area contributed by atoms with Crippen molar-refractivity contribution in [2.45, 2.75) is 58.7 Å². The number of benzene rings is 1. The topological polar surface area (TPSA) is 82.1 Å². The van der Waals surface area contributed by atoms with Crippen LogP contribution in [0.25, 0.3) is 0 Å². The minimum absolute atomic E-state index is 0.0338. The van der Waals surface area contributed by atoms with Gasteiger partial charge >= 0.3 is 5.97 Å². The van der Waals surface area contributed by atoms with Crippen LogP contribution in [0.1, 0.15) is 57.3 Å². The van der Waals surface area contributed by atoms with Crippen LogP contribution in [-0.4, -0.2) is 42.8 Å². The van der Waals surface area contributed by atoms with Crippen LogP contribution in [-0.2, 0) is 9.53 Å². The molecule has 1 saturated carbocycles. The van der Waals surface area contributed by atoms with Crippen LogP contribution in [0.2, 0.25) is 0 Å². The highest BCUT2D eigenvalue weighted by Crippen LogP contribution is 2.57. The van der Waals surface area contributed by atoms with Gasteiger partial charge in [-0.1, -0.05) is 20.8 Å². The number of esters is 1. The predicted molar refractivity (Wildman–Crippen MR) is 113 cm³/mol. The van der Waals surface area contributed by atoms with Crippen LogP contribution < -0.4 is 9.47 Å². The van der Waals surface area contributed by atoms with Crippen molar-refractivity contribution in [1.82, 2.24) is 0 Å². The second kappa shape index (κ2) is 8.06. The van der Waals surface area contributed by atoms with E-state index in [9.17, 15) is 14.7 Å². The van der Waals surface area contributed by atoms with Gasteiger partial charge in [0.2, 0.25) is 0 Å². The van der Waals surface area contributed by atoms with E-state index in [0.717, 1.165) is 0 Å². The Morgan fingerprint density at radius 1 is 1.17 bits per heavy atom. The lowest BCUT2D eigenvalue weighted by Crippen LogP contribution is -2.50. The van der Waals surface area contributed by atoms with Crippen molar-refractivity contribution in [2.75, 3.05) is 14.2 Å². The summed E-state index contributed by atoms with van der Waals surface area (Å²) in [5.74, 6) is 0.0606. The van der Waals surface area contributed by atoms with E-state index in [0.29, 0.717) is 41.9 Å². The van der Waals surface area contributed by atoms with Gasteiger partial charge in [-0.25, -0.2) is 4.79 Å². The van der Waals surface area contributed by atoms with E-state index >= 15 is 0 Å². The molecule has 30 heavy (non-hydrogen) atoms. The number of ether oxygens (including phenoxy) is 3. The summed E-state index contributed by atoms with van der Waals surface area (Å²) >= 11 is 0. The molecule has 2 aliphatic carbocycles. The van der Waals surface area contributed by atoms with E-state index in [1.54, 1.807) is 31.2 Å². The van der Waals surface area contributed by atoms with E-state index in [4.69, 9.17) is 14.2 Å². The van der Waals surface area contributed by atoms with Gasteiger partial charge in [0.05, 0.1) is 25.4 Å². The highest BCUT2D eigenvalue weighted by molar-refractivity contribution is 5.96. The average Bonchev–Trinajstić information content (AvgIpc) is 2.93. The minimum Gasteiger partial charge on any atom is -0.493 e. The lowest BCUT2D eigenvalue weighted by molar-refractivity contribution is -0.122. The molecular formula is C24H32O6. The number of carbonyl (C=O) groups excluding carboxylic acids is 2. The first-order valence-electron chi connectivity index (χ1n) is 10.4. The Morgan fingerprint density at radius 3 is 2.43 bits per heavy atom. The van der Waals surface area contributed by atoms with Gasteiger partial charge < -0.3 is 19.3 Å². The molecule has 0 radical (unpaired) electrons. The third-order valence-corrected chi connectivity index (χ3v) is 7.00. The molecule has 0 bridgehead atoms. The molecule has 0 aromatic heterocycles. The summed E-state index contributed by atoms with van der Waals surface area (Å²) in [5, 5.41) is 11.6. The first-order chi connectivity index (χ1) is 14.1. The minimum atomic E-state index is -1.02. The van der Waals surface area contributed by atoms with Crippen molar-refractivity contribution >= 4 is 11.8 Å². The summed E-state index contributed by atoms with van der Waals surface area (Å²) in [4.78, 5) is 25.7. The van der Waals surface area contributed by atoms with Crippen molar-refractivity contribution in [3.63, 3.8) is 0 Å². The number of methoxy groups -OCH3 is 2. The number of ketones is 1. The van der Waals surface area contributed by atoms with E-state index < -0.39 is 23.1 Å². The molecule has 1 N–H and O–H groups in total. The van der Waals surface area contributed by atoms with E-state index in [1.807, 2.05) is 20.8 Å². The smallest absolute Gasteiger partial charge is 0.338 e. The Hall–Kier alpha value is -2.34. The fourth-order valence-corrected chi connectivity index (χ4v) is 5.13. The molecule has 0 heterocycles. The van der Waals surface area contributed by atoms with Crippen molar-refractivity contribution in [2.24, 2.45) is 17.3 Å². The Labute approximate surface area is 178 Å². The van der Waals surface area contributed by atoms with Gasteiger partial charge in [-0.2, -0.15) is 0 Å². The van der Waals surface area contributed by atoms with Gasteiger partial charge in [0.1, 0.15) is 6.10 Å². The van der Waals surface area contributed by atoms with Crippen LogP contribution in [0.15, 0.2) is 29.8 Å². The molecule has 0 spiro atoms. The highest BCUT2D eigenvalue weighted by Gasteiger charge is 2.60. The average molecular weight is 417 g/mol. The Bertz CT molecular complexity index is 872. The Morgan fingerprint density at radius 2 is 1.83 bits per heavy atom. The zero-order valence-corrected chi connectivity index (χ0v) is 18.7. The number of hydrogen-bond donors (Lipinski definition) is 1. The van der Waals surface area contributed by atoms with Crippen molar-refractivity contribution in [3.05, 3.63) is 35.4 Å². The number of rotatable bonds is 5. The molecule has 0 aliphatic heterocycles. The van der Waals surface area contributed by atoms with Crippen LogP contribution in [0.3, 0.4) is 0 Å². The third kappa shape index (κ3) is 3.73. The van der Waals surface area contributed by atoms with Gasteiger partial charge in [-0.05, 0) is 60.9 Å². The maximum atomic E-state index is 13.0. The number of aliphatic hydroxyl groups is 1. The fourth-order valence-electron chi connectivity index (χ4n) is 5.13. The zero-order chi connectivity index (χ0) is 22.3. The van der Waals surface area contributed by atoms with Gasteiger partial charge in [-0.3, -0.25) is 4.79 Å². The number of hydrogen-bond acceptors (Lipinski definition) is 6. The SMILES string of the molecule is COc1ccc(C(=O)OC2C=C(C)C(=O)CC3(C)CCC(O)(C(C)C)C23)cc1OC. The lowest BCUT2D eigenvalue weighted by Gasteiger charge is -2.42. The summed E-state index contributed by atoms with van der Waals surface area (Å²) in [6.45, 7) is 7.72. The molecule has 6 heteroatoms. The number of fused-ring (bicyclic) bond motifs is 1. The predicted octanol–water partition coefficient (Wildman–Crippen LogP) is 3.95. The molecule has 1 aromatic rings. The summed E-state index contributed by atoms with van der Waals surface area (Å²) in [7, 11) is 3.03. The molecule has 6 nitrogen and oxygen atoms in total. The second-order valence-electron chi connectivity index (χ2n) is 9.17. The maximum Gasteiger partial charge on any atom is 0.338 e. The monoisotopic (exact) mass is 416 g/mol. The zero-order valence-electron chi connectivity index (χ0n) is 18.7. The Kier molecular flexibility index (Phi) is 6.01. The van der Waals surface area contributed by atoms with Gasteiger partial charge in [0.25, 0.3) is 0 Å². The number of carbonyl (C=O) groups is 2. The quantitative estimate of drug-likeness (QED) is 0.732. The Balaban J connectivity index is 1.99. The van der Waals surface area contributed by atoms with Crippen LogP contribution in [0.4, 0.5) is 0 Å². The summed E-state index contributed by atoms with van der Waals surface area (Å²) in [5.41, 5.74) is -0.560. The fraction of sp³-hybridized carbons (Fsp3) is 0.583. The number of allylic oxidation sites excluding steroid dienone is 1. The third-order valence-electron chi connectivity index (χ3n) is 7.00. The van der Waals surface area contributed by atoms with Crippen molar-refractivity contribution in [3.8, 4) is 11.5 Å². The first kappa shape index (κ1) is 22.3. The summed E-state index contributed by atoms with van der Waals surface area (Å²) in [6, 6.07) is 4.84.